The van der Waals surface area contributed by atoms with Gasteiger partial charge < -0.3 is 4.90 Å². The van der Waals surface area contributed by atoms with Gasteiger partial charge in [0.25, 0.3) is 0 Å². The largest absolute Gasteiger partial charge is 0.342 e. The summed E-state index contributed by atoms with van der Waals surface area (Å²) in [5.74, 6) is 2.46. The number of rotatable bonds is 6. The lowest BCUT2D eigenvalue weighted by atomic mass is 9.84. The summed E-state index contributed by atoms with van der Waals surface area (Å²) in [5.41, 5.74) is 3.38. The van der Waals surface area contributed by atoms with Crippen molar-refractivity contribution >= 4 is 17.6 Å². The summed E-state index contributed by atoms with van der Waals surface area (Å²) in [6, 6.07) is 10.4. The summed E-state index contributed by atoms with van der Waals surface area (Å²) in [6.07, 6.45) is 7.23. The van der Waals surface area contributed by atoms with E-state index in [0.29, 0.717) is 31.8 Å². The molecule has 5 rings (SSSR count). The topological polar surface area (TPSA) is 66.4 Å². The van der Waals surface area contributed by atoms with Crippen molar-refractivity contribution in [1.29, 1.82) is 0 Å². The van der Waals surface area contributed by atoms with Crippen LogP contribution in [0.25, 0.3) is 0 Å². The number of amides is 2. The first-order chi connectivity index (χ1) is 15.6. The fraction of sp³-hybridized carbons (Fsp3) is 0.538. The van der Waals surface area contributed by atoms with Crippen LogP contribution in [0.5, 0.6) is 0 Å². The number of likely N-dealkylation sites (tertiary alicyclic amines) is 1. The van der Waals surface area contributed by atoms with E-state index in [9.17, 15) is 9.59 Å². The predicted molar refractivity (Wildman–Crippen MR) is 123 cm³/mol. The van der Waals surface area contributed by atoms with E-state index in [-0.39, 0.29) is 17.7 Å². The zero-order valence-corrected chi connectivity index (χ0v) is 18.9. The zero-order chi connectivity index (χ0) is 22.1. The van der Waals surface area contributed by atoms with Gasteiger partial charge in [-0.2, -0.15) is 0 Å². The van der Waals surface area contributed by atoms with Gasteiger partial charge in [-0.05, 0) is 51.0 Å². The standard InChI is InChI=1S/C26H32N4O2/c1-18-22-12-13-23(31)30(15-6-9-19-7-3-2-4-8-19)25(22)28-24(27-18)21-14-16-29(17-21)26(32)20-10-5-11-20/h2-4,7-8,20-21H,5-6,9-17H2,1H3/t21-/m0/s1. The minimum atomic E-state index is 0.155. The molecule has 1 aromatic heterocycles. The van der Waals surface area contributed by atoms with Crippen molar-refractivity contribution in [2.24, 2.45) is 5.92 Å². The highest BCUT2D eigenvalue weighted by Crippen LogP contribution is 2.35. The van der Waals surface area contributed by atoms with Crippen molar-refractivity contribution in [3.8, 4) is 0 Å². The van der Waals surface area contributed by atoms with Gasteiger partial charge in [0.05, 0.1) is 0 Å². The molecule has 2 fully saturated rings. The number of nitrogens with zero attached hydrogens (tertiary/aromatic N) is 4. The number of aryl methyl sites for hydroxylation is 2. The molecular weight excluding hydrogens is 400 g/mol. The summed E-state index contributed by atoms with van der Waals surface area (Å²) in [6.45, 7) is 4.20. The van der Waals surface area contributed by atoms with Gasteiger partial charge in [-0.3, -0.25) is 14.5 Å². The molecule has 1 saturated carbocycles. The summed E-state index contributed by atoms with van der Waals surface area (Å²) in [7, 11) is 0. The van der Waals surface area contributed by atoms with Crippen LogP contribution in [0.15, 0.2) is 30.3 Å². The molecule has 1 aliphatic carbocycles. The maximum Gasteiger partial charge on any atom is 0.228 e. The quantitative estimate of drug-likeness (QED) is 0.696. The molecule has 2 amide bonds. The van der Waals surface area contributed by atoms with Gasteiger partial charge in [-0.25, -0.2) is 9.97 Å². The highest BCUT2D eigenvalue weighted by molar-refractivity contribution is 5.95. The Kier molecular flexibility index (Phi) is 5.94. The van der Waals surface area contributed by atoms with Crippen LogP contribution in [-0.4, -0.2) is 46.3 Å². The van der Waals surface area contributed by atoms with E-state index in [1.54, 1.807) is 0 Å². The molecule has 0 N–H and O–H groups in total. The van der Waals surface area contributed by atoms with Crippen LogP contribution in [-0.2, 0) is 22.4 Å². The van der Waals surface area contributed by atoms with Crippen LogP contribution in [0.2, 0.25) is 0 Å². The lowest BCUT2D eigenvalue weighted by Crippen LogP contribution is -2.38. The second-order valence-electron chi connectivity index (χ2n) is 9.50. The molecule has 1 atom stereocenters. The van der Waals surface area contributed by atoms with Crippen LogP contribution in [0.4, 0.5) is 5.82 Å². The Hall–Kier alpha value is -2.76. The third-order valence-electron chi connectivity index (χ3n) is 7.36. The van der Waals surface area contributed by atoms with Gasteiger partial charge in [0, 0.05) is 49.1 Å². The second kappa shape index (κ2) is 9.00. The maximum absolute atomic E-state index is 12.8. The monoisotopic (exact) mass is 432 g/mol. The van der Waals surface area contributed by atoms with Crippen molar-refractivity contribution < 1.29 is 9.59 Å². The number of anilines is 1. The molecule has 6 heteroatoms. The van der Waals surface area contributed by atoms with Crippen LogP contribution in [0, 0.1) is 12.8 Å². The molecule has 0 spiro atoms. The van der Waals surface area contributed by atoms with Crippen molar-refractivity contribution in [2.75, 3.05) is 24.5 Å². The van der Waals surface area contributed by atoms with Gasteiger partial charge in [0.1, 0.15) is 11.6 Å². The molecule has 1 saturated heterocycles. The molecule has 3 heterocycles. The van der Waals surface area contributed by atoms with Crippen LogP contribution in [0.1, 0.15) is 67.1 Å². The Bertz CT molecular complexity index is 1000. The Morgan fingerprint density at radius 1 is 1.09 bits per heavy atom. The number of benzene rings is 1. The average Bonchev–Trinajstić information content (AvgIpc) is 3.25. The van der Waals surface area contributed by atoms with E-state index in [4.69, 9.17) is 9.97 Å². The molecule has 0 unspecified atom stereocenters. The number of aromatic nitrogens is 2. The average molecular weight is 433 g/mol. The van der Waals surface area contributed by atoms with E-state index in [2.05, 4.69) is 24.3 Å². The second-order valence-corrected chi connectivity index (χ2v) is 9.50. The Labute approximate surface area is 190 Å². The summed E-state index contributed by atoms with van der Waals surface area (Å²) >= 11 is 0. The summed E-state index contributed by atoms with van der Waals surface area (Å²) < 4.78 is 0. The Balaban J connectivity index is 1.32. The number of fused-ring (bicyclic) bond motifs is 1. The lowest BCUT2D eigenvalue weighted by molar-refractivity contribution is -0.137. The molecule has 168 valence electrons. The number of hydrogen-bond donors (Lipinski definition) is 0. The molecule has 3 aliphatic rings. The van der Waals surface area contributed by atoms with E-state index in [1.807, 2.05) is 22.8 Å². The van der Waals surface area contributed by atoms with Crippen molar-refractivity contribution in [1.82, 2.24) is 14.9 Å². The van der Waals surface area contributed by atoms with Gasteiger partial charge in [0.2, 0.25) is 11.8 Å². The molecule has 1 aromatic carbocycles. The normalized spacial score (nSPS) is 20.9. The van der Waals surface area contributed by atoms with Crippen molar-refractivity contribution in [2.45, 2.75) is 64.2 Å². The van der Waals surface area contributed by atoms with Crippen LogP contribution < -0.4 is 4.90 Å². The minimum Gasteiger partial charge on any atom is -0.342 e. The summed E-state index contributed by atoms with van der Waals surface area (Å²) in [4.78, 5) is 39.2. The van der Waals surface area contributed by atoms with E-state index in [1.165, 1.54) is 12.0 Å². The Morgan fingerprint density at radius 3 is 2.66 bits per heavy atom. The van der Waals surface area contributed by atoms with E-state index >= 15 is 0 Å². The van der Waals surface area contributed by atoms with Gasteiger partial charge in [-0.15, -0.1) is 0 Å². The highest BCUT2D eigenvalue weighted by Gasteiger charge is 2.36. The first-order valence-electron chi connectivity index (χ1n) is 12.1. The van der Waals surface area contributed by atoms with Crippen LogP contribution >= 0.6 is 0 Å². The molecular formula is C26H32N4O2. The van der Waals surface area contributed by atoms with E-state index in [0.717, 1.165) is 61.5 Å². The molecule has 2 aromatic rings. The fourth-order valence-corrected chi connectivity index (χ4v) is 5.19. The van der Waals surface area contributed by atoms with Crippen LogP contribution in [0.3, 0.4) is 0 Å². The maximum atomic E-state index is 12.8. The zero-order valence-electron chi connectivity index (χ0n) is 18.9. The number of carbonyl (C=O) groups excluding carboxylic acids is 2. The minimum absolute atomic E-state index is 0.155. The third kappa shape index (κ3) is 4.15. The molecule has 6 nitrogen and oxygen atoms in total. The fourth-order valence-electron chi connectivity index (χ4n) is 5.19. The van der Waals surface area contributed by atoms with Gasteiger partial charge >= 0.3 is 0 Å². The SMILES string of the molecule is Cc1nc([C@H]2CCN(C(=O)C3CCC3)C2)nc2c1CCC(=O)N2CCCc1ccccc1. The van der Waals surface area contributed by atoms with Gasteiger partial charge in [-0.1, -0.05) is 36.8 Å². The van der Waals surface area contributed by atoms with Crippen molar-refractivity contribution in [3.05, 3.63) is 53.0 Å². The molecule has 2 aliphatic heterocycles. The number of hydrogen-bond acceptors (Lipinski definition) is 4. The lowest BCUT2D eigenvalue weighted by Gasteiger charge is -2.30. The first-order valence-corrected chi connectivity index (χ1v) is 12.1. The van der Waals surface area contributed by atoms with E-state index < -0.39 is 0 Å². The Morgan fingerprint density at radius 2 is 1.91 bits per heavy atom. The molecule has 0 bridgehead atoms. The first kappa shape index (κ1) is 21.1. The smallest absolute Gasteiger partial charge is 0.228 e. The highest BCUT2D eigenvalue weighted by atomic mass is 16.2. The molecule has 0 radical (unpaired) electrons. The molecule has 32 heavy (non-hydrogen) atoms. The van der Waals surface area contributed by atoms with Gasteiger partial charge in [0.15, 0.2) is 0 Å². The number of carbonyl (C=O) groups is 2. The predicted octanol–water partition coefficient (Wildman–Crippen LogP) is 3.81. The van der Waals surface area contributed by atoms with Crippen molar-refractivity contribution in [3.63, 3.8) is 0 Å². The summed E-state index contributed by atoms with van der Waals surface area (Å²) in [5, 5.41) is 0. The third-order valence-corrected chi connectivity index (χ3v) is 7.36.